The summed E-state index contributed by atoms with van der Waals surface area (Å²) in [4.78, 5) is 33.8. The number of anilines is 1. The summed E-state index contributed by atoms with van der Waals surface area (Å²) >= 11 is 0. The monoisotopic (exact) mass is 276 g/mol. The molecule has 0 bridgehead atoms. The maximum Gasteiger partial charge on any atom is 0.305 e. The first-order chi connectivity index (χ1) is 9.45. The van der Waals surface area contributed by atoms with Crippen LogP contribution in [-0.2, 0) is 16.0 Å². The number of carboxylic acid groups (broad SMARTS) is 1. The van der Waals surface area contributed by atoms with E-state index < -0.39 is 12.0 Å². The van der Waals surface area contributed by atoms with E-state index in [1.54, 1.807) is 25.1 Å². The minimum Gasteiger partial charge on any atom is -0.481 e. The SMILES string of the molecule is CC(CC(=O)O)NC(=O)c1ccc2c(c1)CCC(=O)N2. The molecule has 0 fully saturated rings. The van der Waals surface area contributed by atoms with E-state index in [1.807, 2.05) is 0 Å². The van der Waals surface area contributed by atoms with Crippen LogP contribution in [0.15, 0.2) is 18.2 Å². The molecule has 1 unspecified atom stereocenters. The summed E-state index contributed by atoms with van der Waals surface area (Å²) in [5.74, 6) is -1.28. The average molecular weight is 276 g/mol. The number of hydrogen-bond donors (Lipinski definition) is 3. The molecule has 1 atom stereocenters. The topological polar surface area (TPSA) is 95.5 Å². The second kappa shape index (κ2) is 5.73. The number of fused-ring (bicyclic) bond motifs is 1. The third-order valence-electron chi connectivity index (χ3n) is 3.12. The highest BCUT2D eigenvalue weighted by Crippen LogP contribution is 2.23. The van der Waals surface area contributed by atoms with Crippen LogP contribution in [0.2, 0.25) is 0 Å². The minimum absolute atomic E-state index is 0.0234. The van der Waals surface area contributed by atoms with Crippen LogP contribution in [0, 0.1) is 0 Å². The molecule has 2 rings (SSSR count). The number of carbonyl (C=O) groups excluding carboxylic acids is 2. The molecule has 0 aliphatic carbocycles. The molecule has 1 aliphatic rings. The van der Waals surface area contributed by atoms with Crippen LogP contribution in [0.4, 0.5) is 5.69 Å². The van der Waals surface area contributed by atoms with Crippen molar-refractivity contribution >= 4 is 23.5 Å². The van der Waals surface area contributed by atoms with Crippen molar-refractivity contribution in [2.75, 3.05) is 5.32 Å². The van der Waals surface area contributed by atoms with Crippen molar-refractivity contribution in [2.45, 2.75) is 32.2 Å². The number of hydrogen-bond acceptors (Lipinski definition) is 3. The summed E-state index contributed by atoms with van der Waals surface area (Å²) in [6.45, 7) is 1.64. The fraction of sp³-hybridized carbons (Fsp3) is 0.357. The Morgan fingerprint density at radius 2 is 2.15 bits per heavy atom. The van der Waals surface area contributed by atoms with Crippen molar-refractivity contribution in [3.8, 4) is 0 Å². The molecule has 1 heterocycles. The Bertz CT molecular complexity index is 568. The first kappa shape index (κ1) is 14.0. The highest BCUT2D eigenvalue weighted by Gasteiger charge is 2.18. The Hall–Kier alpha value is -2.37. The minimum atomic E-state index is -0.953. The Labute approximate surface area is 116 Å². The number of benzene rings is 1. The number of amides is 2. The summed E-state index contributed by atoms with van der Waals surface area (Å²) in [6, 6.07) is 4.62. The molecule has 0 radical (unpaired) electrons. The molecule has 3 N–H and O–H groups in total. The van der Waals surface area contributed by atoms with Crippen LogP contribution in [0.5, 0.6) is 0 Å². The number of carbonyl (C=O) groups is 3. The number of rotatable bonds is 4. The smallest absolute Gasteiger partial charge is 0.305 e. The summed E-state index contributed by atoms with van der Waals surface area (Å²) in [5, 5.41) is 14.0. The molecular weight excluding hydrogens is 260 g/mol. The van der Waals surface area contributed by atoms with Crippen molar-refractivity contribution in [1.29, 1.82) is 0 Å². The third-order valence-corrected chi connectivity index (χ3v) is 3.12. The van der Waals surface area contributed by atoms with Gasteiger partial charge in [0.05, 0.1) is 6.42 Å². The molecule has 2 amide bonds. The molecule has 1 aromatic rings. The molecule has 1 aromatic carbocycles. The lowest BCUT2D eigenvalue weighted by Gasteiger charge is -2.18. The second-order valence-corrected chi connectivity index (χ2v) is 4.89. The van der Waals surface area contributed by atoms with Gasteiger partial charge in [-0.1, -0.05) is 0 Å². The fourth-order valence-corrected chi connectivity index (χ4v) is 2.14. The summed E-state index contributed by atoms with van der Waals surface area (Å²) in [6.07, 6.45) is 0.896. The van der Waals surface area contributed by atoms with Gasteiger partial charge in [-0.15, -0.1) is 0 Å². The maximum atomic E-state index is 12.0. The molecule has 6 nitrogen and oxygen atoms in total. The van der Waals surface area contributed by atoms with E-state index in [0.717, 1.165) is 11.3 Å². The van der Waals surface area contributed by atoms with Gasteiger partial charge in [0, 0.05) is 23.7 Å². The average Bonchev–Trinajstić information content (AvgIpc) is 2.36. The van der Waals surface area contributed by atoms with Gasteiger partial charge < -0.3 is 15.7 Å². The van der Waals surface area contributed by atoms with Crippen LogP contribution < -0.4 is 10.6 Å². The van der Waals surface area contributed by atoms with E-state index in [2.05, 4.69) is 10.6 Å². The molecule has 6 heteroatoms. The number of carboxylic acids is 1. The van der Waals surface area contributed by atoms with Crippen molar-refractivity contribution in [3.63, 3.8) is 0 Å². The van der Waals surface area contributed by atoms with Crippen molar-refractivity contribution in [2.24, 2.45) is 0 Å². The first-order valence-corrected chi connectivity index (χ1v) is 6.41. The zero-order chi connectivity index (χ0) is 14.7. The van der Waals surface area contributed by atoms with Crippen LogP contribution in [-0.4, -0.2) is 28.9 Å². The first-order valence-electron chi connectivity index (χ1n) is 6.41. The third kappa shape index (κ3) is 3.34. The van der Waals surface area contributed by atoms with Gasteiger partial charge in [0.15, 0.2) is 0 Å². The van der Waals surface area contributed by atoms with Gasteiger partial charge in [-0.05, 0) is 37.1 Å². The zero-order valence-corrected chi connectivity index (χ0v) is 11.1. The maximum absolute atomic E-state index is 12.0. The molecule has 0 saturated heterocycles. The normalized spacial score (nSPS) is 14.9. The fourth-order valence-electron chi connectivity index (χ4n) is 2.14. The van der Waals surface area contributed by atoms with E-state index >= 15 is 0 Å². The highest BCUT2D eigenvalue weighted by atomic mass is 16.4. The summed E-state index contributed by atoms with van der Waals surface area (Å²) in [5.41, 5.74) is 2.12. The van der Waals surface area contributed by atoms with E-state index in [1.165, 1.54) is 0 Å². The van der Waals surface area contributed by atoms with Crippen LogP contribution in [0.1, 0.15) is 35.7 Å². The second-order valence-electron chi connectivity index (χ2n) is 4.89. The number of nitrogens with one attached hydrogen (secondary N) is 2. The van der Waals surface area contributed by atoms with Gasteiger partial charge in [0.1, 0.15) is 0 Å². The van der Waals surface area contributed by atoms with Crippen LogP contribution in [0.25, 0.3) is 0 Å². The van der Waals surface area contributed by atoms with Crippen LogP contribution in [0.3, 0.4) is 0 Å². The van der Waals surface area contributed by atoms with E-state index in [4.69, 9.17) is 5.11 Å². The summed E-state index contributed by atoms with van der Waals surface area (Å²) < 4.78 is 0. The van der Waals surface area contributed by atoms with E-state index in [-0.39, 0.29) is 18.2 Å². The molecule has 106 valence electrons. The summed E-state index contributed by atoms with van der Waals surface area (Å²) in [7, 11) is 0. The quantitative estimate of drug-likeness (QED) is 0.769. The molecule has 0 saturated carbocycles. The molecule has 20 heavy (non-hydrogen) atoms. The molecule has 0 aromatic heterocycles. The van der Waals surface area contributed by atoms with Crippen molar-refractivity contribution < 1.29 is 19.5 Å². The molecule has 1 aliphatic heterocycles. The van der Waals surface area contributed by atoms with Gasteiger partial charge >= 0.3 is 5.97 Å². The molecule has 0 spiro atoms. The Balaban J connectivity index is 2.08. The standard InChI is InChI=1S/C14H16N2O4/c1-8(6-13(18)19)15-14(20)10-2-4-11-9(7-10)3-5-12(17)16-11/h2,4,7-8H,3,5-6H2,1H3,(H,15,20)(H,16,17)(H,18,19). The Kier molecular flexibility index (Phi) is 4.02. The van der Waals surface area contributed by atoms with E-state index in [0.29, 0.717) is 18.4 Å². The predicted molar refractivity (Wildman–Crippen MR) is 72.6 cm³/mol. The largest absolute Gasteiger partial charge is 0.481 e. The van der Waals surface area contributed by atoms with Gasteiger partial charge in [0.25, 0.3) is 5.91 Å². The zero-order valence-electron chi connectivity index (χ0n) is 11.1. The van der Waals surface area contributed by atoms with Crippen molar-refractivity contribution in [3.05, 3.63) is 29.3 Å². The lowest BCUT2D eigenvalue weighted by Crippen LogP contribution is -2.34. The molecular formula is C14H16N2O4. The van der Waals surface area contributed by atoms with E-state index in [9.17, 15) is 14.4 Å². The highest BCUT2D eigenvalue weighted by molar-refractivity contribution is 5.98. The van der Waals surface area contributed by atoms with Gasteiger partial charge in [-0.25, -0.2) is 0 Å². The van der Waals surface area contributed by atoms with Crippen molar-refractivity contribution in [1.82, 2.24) is 5.32 Å². The predicted octanol–water partition coefficient (Wildman–Crippen LogP) is 1.16. The van der Waals surface area contributed by atoms with Gasteiger partial charge in [0.2, 0.25) is 5.91 Å². The van der Waals surface area contributed by atoms with Crippen LogP contribution >= 0.6 is 0 Å². The number of aryl methyl sites for hydroxylation is 1. The lowest BCUT2D eigenvalue weighted by molar-refractivity contribution is -0.137. The lowest BCUT2D eigenvalue weighted by atomic mass is 10.00. The Morgan fingerprint density at radius 1 is 1.40 bits per heavy atom. The number of aliphatic carboxylic acids is 1. The van der Waals surface area contributed by atoms with Gasteiger partial charge in [-0.3, -0.25) is 14.4 Å². The Morgan fingerprint density at radius 3 is 2.85 bits per heavy atom. The van der Waals surface area contributed by atoms with Gasteiger partial charge in [-0.2, -0.15) is 0 Å².